The number of carbonyl (C=O) groups is 1. The molecule has 9 heteroatoms. The molecule has 3 N–H and O–H groups in total. The molecule has 0 aliphatic heterocycles. The normalized spacial score (nSPS) is 11.2. The van der Waals surface area contributed by atoms with Gasteiger partial charge in [0.15, 0.2) is 0 Å². The fourth-order valence-electron chi connectivity index (χ4n) is 4.16. The van der Waals surface area contributed by atoms with Gasteiger partial charge in [-0.3, -0.25) is 0 Å². The van der Waals surface area contributed by atoms with E-state index in [1.165, 1.54) is 0 Å². The van der Waals surface area contributed by atoms with Gasteiger partial charge in [0, 0.05) is 27.7 Å². The zero-order valence-corrected chi connectivity index (χ0v) is 18.7. The Labute approximate surface area is 193 Å². The molecule has 0 saturated carbocycles. The number of hydrogen-bond acceptors (Lipinski definition) is 7. The van der Waals surface area contributed by atoms with Gasteiger partial charge in [-0.2, -0.15) is 8.75 Å². The second kappa shape index (κ2) is 8.10. The van der Waals surface area contributed by atoms with Gasteiger partial charge in [-0.1, -0.05) is 6.07 Å². The molecule has 5 rings (SSSR count). The van der Waals surface area contributed by atoms with Crippen LogP contribution in [0.2, 0.25) is 0 Å². The van der Waals surface area contributed by atoms with Gasteiger partial charge < -0.3 is 24.9 Å². The van der Waals surface area contributed by atoms with Gasteiger partial charge in [0.05, 0.1) is 32.5 Å². The summed E-state index contributed by atoms with van der Waals surface area (Å²) in [5, 5.41) is 11.1. The molecule has 0 fully saturated rings. The highest BCUT2D eigenvalue weighted by Gasteiger charge is 2.25. The highest BCUT2D eigenvalue weighted by atomic mass is 32.1. The van der Waals surface area contributed by atoms with Crippen LogP contribution >= 0.6 is 11.7 Å². The number of hydrogen-bond donors (Lipinski definition) is 2. The van der Waals surface area contributed by atoms with Crippen molar-refractivity contribution in [1.82, 2.24) is 13.3 Å². The first-order valence-electron chi connectivity index (χ1n) is 10.1. The van der Waals surface area contributed by atoms with Crippen molar-refractivity contribution < 1.29 is 19.4 Å². The highest BCUT2D eigenvalue weighted by Crippen LogP contribution is 2.38. The molecular formula is C24H20N4O4S. The summed E-state index contributed by atoms with van der Waals surface area (Å²) in [6.45, 7) is 0.267. The zero-order chi connectivity index (χ0) is 23.1. The van der Waals surface area contributed by atoms with Gasteiger partial charge in [-0.05, 0) is 54.1 Å². The molecule has 33 heavy (non-hydrogen) atoms. The zero-order valence-electron chi connectivity index (χ0n) is 17.9. The predicted octanol–water partition coefficient (Wildman–Crippen LogP) is 4.66. The lowest BCUT2D eigenvalue weighted by atomic mass is 10.0. The maximum Gasteiger partial charge on any atom is 0.353 e. The molecule has 0 saturated heterocycles. The molecule has 0 unspecified atom stereocenters. The second-order valence-electron chi connectivity index (χ2n) is 7.54. The Morgan fingerprint density at radius 3 is 2.61 bits per heavy atom. The topological polar surface area (TPSA) is 112 Å². The number of methoxy groups -OCH3 is 2. The van der Waals surface area contributed by atoms with Crippen LogP contribution in [-0.4, -0.2) is 38.6 Å². The number of aromatic nitrogens is 3. The third-order valence-electron chi connectivity index (χ3n) is 5.65. The molecule has 166 valence electrons. The van der Waals surface area contributed by atoms with Crippen LogP contribution in [0.5, 0.6) is 11.5 Å². The molecule has 8 nitrogen and oxygen atoms in total. The van der Waals surface area contributed by atoms with E-state index in [1.807, 2.05) is 36.4 Å². The van der Waals surface area contributed by atoms with Crippen molar-refractivity contribution in [2.24, 2.45) is 0 Å². The first-order valence-corrected chi connectivity index (χ1v) is 10.8. The fourth-order valence-corrected chi connectivity index (χ4v) is 4.68. The van der Waals surface area contributed by atoms with Gasteiger partial charge in [0.2, 0.25) is 0 Å². The number of benzene rings is 3. The summed E-state index contributed by atoms with van der Waals surface area (Å²) in [5.74, 6) is 0.254. The monoisotopic (exact) mass is 460 g/mol. The third-order valence-corrected chi connectivity index (χ3v) is 6.21. The van der Waals surface area contributed by atoms with Crippen molar-refractivity contribution in [2.45, 2.75) is 6.54 Å². The third kappa shape index (κ3) is 3.52. The molecule has 0 radical (unpaired) electrons. The number of ether oxygens (including phenoxy) is 2. The van der Waals surface area contributed by atoms with Crippen molar-refractivity contribution in [3.63, 3.8) is 0 Å². The number of carboxylic acids is 1. The molecular weight excluding hydrogens is 440 g/mol. The van der Waals surface area contributed by atoms with Gasteiger partial charge in [0.25, 0.3) is 0 Å². The molecule has 5 aromatic rings. The lowest BCUT2D eigenvalue weighted by molar-refractivity contribution is 0.0687. The van der Waals surface area contributed by atoms with Crippen LogP contribution in [0.15, 0.2) is 54.6 Å². The van der Waals surface area contributed by atoms with Crippen LogP contribution in [0.3, 0.4) is 0 Å². The lowest BCUT2D eigenvalue weighted by Gasteiger charge is -2.14. The number of fused-ring (bicyclic) bond motifs is 2. The van der Waals surface area contributed by atoms with Gasteiger partial charge >= 0.3 is 5.97 Å². The highest BCUT2D eigenvalue weighted by molar-refractivity contribution is 7.00. The van der Waals surface area contributed by atoms with Gasteiger partial charge in [-0.15, -0.1) is 0 Å². The van der Waals surface area contributed by atoms with Crippen LogP contribution in [0.1, 0.15) is 16.1 Å². The van der Waals surface area contributed by atoms with E-state index in [4.69, 9.17) is 15.2 Å². The van der Waals surface area contributed by atoms with Crippen LogP contribution in [-0.2, 0) is 6.54 Å². The van der Waals surface area contributed by atoms with Crippen LogP contribution in [0.25, 0.3) is 33.1 Å². The number of anilines is 1. The van der Waals surface area contributed by atoms with Gasteiger partial charge in [0.1, 0.15) is 28.2 Å². The Balaban J connectivity index is 1.80. The Kier molecular flexibility index (Phi) is 5.10. The average molecular weight is 461 g/mol. The van der Waals surface area contributed by atoms with Crippen LogP contribution in [0.4, 0.5) is 5.69 Å². The second-order valence-corrected chi connectivity index (χ2v) is 8.07. The summed E-state index contributed by atoms with van der Waals surface area (Å²) in [4.78, 5) is 12.6. The Morgan fingerprint density at radius 1 is 1.03 bits per heavy atom. The largest absolute Gasteiger partial charge is 0.497 e. The number of nitrogen functional groups attached to an aromatic ring is 1. The van der Waals surface area contributed by atoms with E-state index in [9.17, 15) is 9.90 Å². The first kappa shape index (κ1) is 20.8. The molecule has 0 aliphatic rings. The van der Waals surface area contributed by atoms with E-state index in [1.54, 1.807) is 37.0 Å². The van der Waals surface area contributed by atoms with E-state index >= 15 is 0 Å². The molecule has 0 spiro atoms. The van der Waals surface area contributed by atoms with E-state index in [-0.39, 0.29) is 12.2 Å². The number of rotatable bonds is 6. The molecule has 2 aromatic heterocycles. The minimum Gasteiger partial charge on any atom is -0.497 e. The van der Waals surface area contributed by atoms with Crippen LogP contribution < -0.4 is 15.2 Å². The van der Waals surface area contributed by atoms with Gasteiger partial charge in [-0.25, -0.2) is 4.79 Å². The number of nitrogens with zero attached hydrogens (tertiary/aromatic N) is 3. The predicted molar refractivity (Wildman–Crippen MR) is 128 cm³/mol. The van der Waals surface area contributed by atoms with E-state index in [0.29, 0.717) is 28.3 Å². The van der Waals surface area contributed by atoms with E-state index < -0.39 is 5.97 Å². The van der Waals surface area contributed by atoms with Crippen molar-refractivity contribution in [2.75, 3.05) is 20.0 Å². The minimum atomic E-state index is -1.04. The lowest BCUT2D eigenvalue weighted by Crippen LogP contribution is -2.11. The Morgan fingerprint density at radius 2 is 1.85 bits per heavy atom. The van der Waals surface area contributed by atoms with Crippen molar-refractivity contribution in [3.05, 3.63) is 65.9 Å². The van der Waals surface area contributed by atoms with E-state index in [2.05, 4.69) is 8.75 Å². The summed E-state index contributed by atoms with van der Waals surface area (Å²) in [6.07, 6.45) is 0. The maximum absolute atomic E-state index is 12.6. The van der Waals surface area contributed by atoms with E-state index in [0.717, 1.165) is 39.3 Å². The first-order chi connectivity index (χ1) is 16.0. The summed E-state index contributed by atoms with van der Waals surface area (Å²) in [7, 11) is 3.17. The molecule has 2 heterocycles. The summed E-state index contributed by atoms with van der Waals surface area (Å²) < 4.78 is 21.2. The standard InChI is InChI=1S/C24H20N4O4S/c1-31-16-5-8-21(32-2)14(9-16)12-28-20-7-4-15(25)11-17(20)22(23(28)24(29)30)13-3-6-18-19(10-13)27-33-26-18/h3-11H,12,25H2,1-2H3,(H,29,30). The Hall–Kier alpha value is -4.11. The number of carboxylic acid groups (broad SMARTS) is 1. The SMILES string of the molecule is COc1ccc(OC)c(Cn2c(C(=O)O)c(-c3ccc4nsnc4c3)c3cc(N)ccc32)c1. The van der Waals surface area contributed by atoms with Crippen molar-refractivity contribution in [1.29, 1.82) is 0 Å². The molecule has 3 aromatic carbocycles. The number of nitrogens with two attached hydrogens (primary N) is 1. The molecule has 0 aliphatic carbocycles. The van der Waals surface area contributed by atoms with Crippen LogP contribution in [0, 0.1) is 0 Å². The summed E-state index contributed by atoms with van der Waals surface area (Å²) >= 11 is 1.12. The minimum absolute atomic E-state index is 0.156. The quantitative estimate of drug-likeness (QED) is 0.354. The Bertz CT molecular complexity index is 1520. The molecule has 0 amide bonds. The molecule has 0 atom stereocenters. The maximum atomic E-state index is 12.6. The van der Waals surface area contributed by atoms with Crippen molar-refractivity contribution in [3.8, 4) is 22.6 Å². The summed E-state index contributed by atoms with van der Waals surface area (Å²) in [5.41, 5.74) is 11.2. The number of aromatic carboxylic acids is 1. The average Bonchev–Trinajstić information content (AvgIpc) is 3.40. The van der Waals surface area contributed by atoms with Crippen molar-refractivity contribution >= 4 is 45.3 Å². The molecule has 0 bridgehead atoms. The fraction of sp³-hybridized carbons (Fsp3) is 0.125. The summed E-state index contributed by atoms with van der Waals surface area (Å²) in [6, 6.07) is 16.4. The smallest absolute Gasteiger partial charge is 0.353 e.